The molecule has 9 nitrogen and oxygen atoms in total. The van der Waals surface area contributed by atoms with Crippen LogP contribution in [0, 0.1) is 18.3 Å². The molecule has 0 aliphatic carbocycles. The molecule has 158 valence electrons. The molecule has 4 heterocycles. The van der Waals surface area contributed by atoms with Crippen molar-refractivity contribution in [2.75, 3.05) is 19.1 Å². The van der Waals surface area contributed by atoms with Gasteiger partial charge in [0.2, 0.25) is 0 Å². The maximum atomic E-state index is 13.1. The van der Waals surface area contributed by atoms with Crippen LogP contribution in [0.4, 0.5) is 5.82 Å². The molecule has 0 fully saturated rings. The number of nitrogens with zero attached hydrogens (tertiary/aromatic N) is 6. The number of hydrogen-bond donors (Lipinski definition) is 0. The highest BCUT2D eigenvalue weighted by Crippen LogP contribution is 2.34. The molecule has 0 aromatic carbocycles. The quantitative estimate of drug-likeness (QED) is 0.627. The number of carbonyl (C=O) groups is 1. The van der Waals surface area contributed by atoms with Crippen LogP contribution in [0.25, 0.3) is 11.3 Å². The van der Waals surface area contributed by atoms with Crippen molar-refractivity contribution >= 4 is 11.7 Å². The smallest absolute Gasteiger partial charge is 0.262 e. The maximum Gasteiger partial charge on any atom is 0.262 e. The van der Waals surface area contributed by atoms with Gasteiger partial charge in [-0.1, -0.05) is 0 Å². The number of pyridine rings is 2. The van der Waals surface area contributed by atoms with Crippen LogP contribution in [0.3, 0.4) is 0 Å². The number of methoxy groups -OCH3 is 2. The molecule has 0 saturated heterocycles. The number of ether oxygens (including phenoxy) is 2. The number of rotatable bonds is 5. The van der Waals surface area contributed by atoms with E-state index in [9.17, 15) is 10.1 Å². The van der Waals surface area contributed by atoms with Crippen molar-refractivity contribution in [2.24, 2.45) is 0 Å². The number of hydrogen-bond acceptors (Lipinski definition) is 7. The van der Waals surface area contributed by atoms with Crippen molar-refractivity contribution in [1.29, 1.82) is 5.26 Å². The number of nitriles is 1. The van der Waals surface area contributed by atoms with Gasteiger partial charge < -0.3 is 9.47 Å². The predicted octanol–water partition coefficient (Wildman–Crippen LogP) is 3.08. The third kappa shape index (κ3) is 3.36. The summed E-state index contributed by atoms with van der Waals surface area (Å²) >= 11 is 0. The van der Waals surface area contributed by atoms with Gasteiger partial charge in [-0.15, -0.1) is 0 Å². The lowest BCUT2D eigenvalue weighted by molar-refractivity contribution is 0.0995. The van der Waals surface area contributed by atoms with Crippen molar-refractivity contribution < 1.29 is 14.3 Å². The number of anilines is 1. The van der Waals surface area contributed by atoms with Crippen LogP contribution in [0.5, 0.6) is 11.6 Å². The molecule has 0 saturated carbocycles. The van der Waals surface area contributed by atoms with Gasteiger partial charge in [0.25, 0.3) is 11.8 Å². The van der Waals surface area contributed by atoms with Gasteiger partial charge in [-0.2, -0.15) is 10.4 Å². The standard InChI is InChI=1S/C22H22N6O3/c1-13-8-15(14-9-17(30-4)20(31-5)24-10-14)25-16-11-27(21(29)19(13)16)18-6-7-28(26-18)22(2,3)12-23/h6-10H,11H2,1-5H3. The zero-order chi connectivity index (χ0) is 22.3. The molecule has 0 atom stereocenters. The first kappa shape index (κ1) is 20.3. The normalized spacial score (nSPS) is 13.2. The molecular weight excluding hydrogens is 396 g/mol. The Balaban J connectivity index is 1.70. The summed E-state index contributed by atoms with van der Waals surface area (Å²) in [5.74, 6) is 1.22. The highest BCUT2D eigenvalue weighted by molar-refractivity contribution is 6.10. The number of amides is 1. The van der Waals surface area contributed by atoms with Crippen molar-refractivity contribution in [1.82, 2.24) is 19.7 Å². The monoisotopic (exact) mass is 418 g/mol. The van der Waals surface area contributed by atoms with E-state index in [0.29, 0.717) is 40.9 Å². The fourth-order valence-corrected chi connectivity index (χ4v) is 3.53. The lowest BCUT2D eigenvalue weighted by Crippen LogP contribution is -2.27. The first-order valence-electron chi connectivity index (χ1n) is 9.67. The van der Waals surface area contributed by atoms with Crippen LogP contribution in [-0.4, -0.2) is 39.9 Å². The summed E-state index contributed by atoms with van der Waals surface area (Å²) in [5.41, 5.74) is 2.70. The van der Waals surface area contributed by atoms with Gasteiger partial charge in [0.15, 0.2) is 11.6 Å². The number of fused-ring (bicyclic) bond motifs is 1. The Bertz CT molecular complexity index is 1220. The summed E-state index contributed by atoms with van der Waals surface area (Å²) < 4.78 is 12.1. The Morgan fingerprint density at radius 3 is 2.68 bits per heavy atom. The maximum absolute atomic E-state index is 13.1. The minimum Gasteiger partial charge on any atom is -0.491 e. The summed E-state index contributed by atoms with van der Waals surface area (Å²) in [6, 6.07) is 7.60. The molecular formula is C22H22N6O3. The summed E-state index contributed by atoms with van der Waals surface area (Å²) in [4.78, 5) is 23.7. The van der Waals surface area contributed by atoms with E-state index in [2.05, 4.69) is 16.2 Å². The van der Waals surface area contributed by atoms with Crippen LogP contribution in [-0.2, 0) is 12.1 Å². The Labute approximate surface area is 179 Å². The molecule has 31 heavy (non-hydrogen) atoms. The molecule has 1 aliphatic heterocycles. The van der Waals surface area contributed by atoms with E-state index in [1.54, 1.807) is 55.1 Å². The van der Waals surface area contributed by atoms with Crippen LogP contribution in [0.2, 0.25) is 0 Å². The summed E-state index contributed by atoms with van der Waals surface area (Å²) in [6.45, 7) is 5.71. The van der Waals surface area contributed by atoms with Crippen LogP contribution < -0.4 is 14.4 Å². The minimum atomic E-state index is -0.810. The Morgan fingerprint density at radius 2 is 2.00 bits per heavy atom. The topological polar surface area (TPSA) is 106 Å². The van der Waals surface area contributed by atoms with Crippen LogP contribution in [0.15, 0.2) is 30.6 Å². The lowest BCUT2D eigenvalue weighted by Gasteiger charge is -2.16. The van der Waals surface area contributed by atoms with Crippen LogP contribution in [0.1, 0.15) is 35.5 Å². The van der Waals surface area contributed by atoms with Crippen molar-refractivity contribution in [3.05, 3.63) is 47.4 Å². The second-order valence-corrected chi connectivity index (χ2v) is 7.76. The molecule has 1 amide bonds. The summed E-state index contributed by atoms with van der Waals surface area (Å²) in [6.07, 6.45) is 3.37. The molecule has 9 heteroatoms. The Hall–Kier alpha value is -3.93. The van der Waals surface area contributed by atoms with E-state index in [0.717, 1.165) is 11.1 Å². The summed E-state index contributed by atoms with van der Waals surface area (Å²) in [5, 5.41) is 13.8. The summed E-state index contributed by atoms with van der Waals surface area (Å²) in [7, 11) is 3.08. The van der Waals surface area contributed by atoms with E-state index in [1.807, 2.05) is 13.0 Å². The zero-order valence-electron chi connectivity index (χ0n) is 18.0. The lowest BCUT2D eigenvalue weighted by atomic mass is 10.1. The van der Waals surface area contributed by atoms with E-state index in [4.69, 9.17) is 14.5 Å². The van der Waals surface area contributed by atoms with Crippen LogP contribution >= 0.6 is 0 Å². The van der Waals surface area contributed by atoms with Crippen molar-refractivity contribution in [3.8, 4) is 29.0 Å². The number of carbonyl (C=O) groups excluding carboxylic acids is 1. The minimum absolute atomic E-state index is 0.156. The molecule has 3 aromatic heterocycles. The van der Waals surface area contributed by atoms with E-state index < -0.39 is 5.54 Å². The van der Waals surface area contributed by atoms with Gasteiger partial charge in [0.05, 0.1) is 43.8 Å². The van der Waals surface area contributed by atoms with Gasteiger partial charge >= 0.3 is 0 Å². The molecule has 3 aromatic rings. The van der Waals surface area contributed by atoms with Gasteiger partial charge in [-0.3, -0.25) is 19.4 Å². The van der Waals surface area contributed by atoms with Gasteiger partial charge in [-0.05, 0) is 38.5 Å². The molecule has 1 aliphatic rings. The number of aromatic nitrogens is 4. The molecule has 0 N–H and O–H groups in total. The fourth-order valence-electron chi connectivity index (χ4n) is 3.53. The number of aryl methyl sites for hydroxylation is 1. The average molecular weight is 418 g/mol. The first-order chi connectivity index (χ1) is 14.8. The highest BCUT2D eigenvalue weighted by Gasteiger charge is 2.34. The highest BCUT2D eigenvalue weighted by atomic mass is 16.5. The third-order valence-corrected chi connectivity index (χ3v) is 5.28. The predicted molar refractivity (Wildman–Crippen MR) is 113 cm³/mol. The second kappa shape index (κ2) is 7.40. The van der Waals surface area contributed by atoms with E-state index >= 15 is 0 Å². The fraction of sp³-hybridized carbons (Fsp3) is 0.318. The molecule has 4 rings (SSSR count). The molecule has 0 unspecified atom stereocenters. The van der Waals surface area contributed by atoms with Gasteiger partial charge in [-0.25, -0.2) is 4.98 Å². The first-order valence-corrected chi connectivity index (χ1v) is 9.67. The third-order valence-electron chi connectivity index (χ3n) is 5.28. The molecule has 0 bridgehead atoms. The Morgan fingerprint density at radius 1 is 1.23 bits per heavy atom. The SMILES string of the molecule is COc1cc(-c2cc(C)c3c(n2)CN(c2ccn(C(C)(C)C#N)n2)C3=O)cnc1OC. The Kier molecular flexibility index (Phi) is 4.85. The van der Waals surface area contributed by atoms with Gasteiger partial charge in [0, 0.05) is 24.0 Å². The van der Waals surface area contributed by atoms with Crippen molar-refractivity contribution in [2.45, 2.75) is 32.9 Å². The molecule has 0 spiro atoms. The largest absolute Gasteiger partial charge is 0.491 e. The molecule has 0 radical (unpaired) electrons. The van der Waals surface area contributed by atoms with Gasteiger partial charge in [0.1, 0.15) is 5.54 Å². The average Bonchev–Trinajstić information content (AvgIpc) is 3.38. The van der Waals surface area contributed by atoms with Crippen molar-refractivity contribution in [3.63, 3.8) is 0 Å². The second-order valence-electron chi connectivity index (χ2n) is 7.76. The van der Waals surface area contributed by atoms with E-state index in [-0.39, 0.29) is 5.91 Å². The zero-order valence-corrected chi connectivity index (χ0v) is 18.0. The van der Waals surface area contributed by atoms with E-state index in [1.165, 1.54) is 7.11 Å².